The highest BCUT2D eigenvalue weighted by atomic mass is 16.2. The van der Waals surface area contributed by atoms with E-state index in [1.807, 2.05) is 6.92 Å². The summed E-state index contributed by atoms with van der Waals surface area (Å²) in [4.78, 5) is 44.6. The van der Waals surface area contributed by atoms with Gasteiger partial charge in [-0.15, -0.1) is 0 Å². The van der Waals surface area contributed by atoms with Crippen LogP contribution in [0.2, 0.25) is 0 Å². The minimum Gasteiger partial charge on any atom is -0.348 e. The number of aromatic nitrogens is 3. The summed E-state index contributed by atoms with van der Waals surface area (Å²) in [5, 5.41) is 6.41. The van der Waals surface area contributed by atoms with Crippen molar-refractivity contribution in [1.29, 1.82) is 0 Å². The van der Waals surface area contributed by atoms with E-state index in [2.05, 4.69) is 20.6 Å². The molecule has 1 saturated carbocycles. The number of H-pyrrole nitrogens is 1. The zero-order valence-electron chi connectivity index (χ0n) is 14.8. The Bertz CT molecular complexity index is 967. The van der Waals surface area contributed by atoms with Crippen molar-refractivity contribution in [2.45, 2.75) is 51.1 Å². The number of nitrogens with one attached hydrogen (secondary N) is 3. The molecular formula is C18H23N5O3. The topological polar surface area (TPSA) is 109 Å². The first-order valence-corrected chi connectivity index (χ1v) is 9.27. The smallest absolute Gasteiger partial charge is 0.329 e. The molecule has 0 aromatic carbocycles. The Hall–Kier alpha value is -2.48. The van der Waals surface area contributed by atoms with Gasteiger partial charge in [0.05, 0.1) is 10.9 Å². The number of hydrogen-bond acceptors (Lipinski definition) is 5. The fraction of sp³-hybridized carbons (Fsp3) is 0.556. The molecule has 2 aromatic heterocycles. The fourth-order valence-corrected chi connectivity index (χ4v) is 3.53. The SMILES string of the molecule is CCCn1c(=O)[nH]c(=O)c2c(C(=O)NC3CCNC3)cc(C3CC3)nc21. The van der Waals surface area contributed by atoms with Crippen LogP contribution in [0.25, 0.3) is 11.0 Å². The Kier molecular flexibility index (Phi) is 4.36. The molecule has 26 heavy (non-hydrogen) atoms. The number of rotatable bonds is 5. The molecule has 8 heteroatoms. The monoisotopic (exact) mass is 357 g/mol. The highest BCUT2D eigenvalue weighted by molar-refractivity contribution is 6.05. The lowest BCUT2D eigenvalue weighted by molar-refractivity contribution is 0.0941. The number of hydrogen-bond donors (Lipinski definition) is 3. The molecule has 1 unspecified atom stereocenters. The third-order valence-electron chi connectivity index (χ3n) is 5.05. The van der Waals surface area contributed by atoms with Crippen LogP contribution < -0.4 is 21.9 Å². The molecule has 0 spiro atoms. The van der Waals surface area contributed by atoms with Gasteiger partial charge in [0.1, 0.15) is 0 Å². The molecule has 3 heterocycles. The molecule has 2 aliphatic rings. The minimum absolute atomic E-state index is 0.0516. The number of amides is 1. The fourth-order valence-electron chi connectivity index (χ4n) is 3.53. The first kappa shape index (κ1) is 17.0. The van der Waals surface area contributed by atoms with Gasteiger partial charge < -0.3 is 10.6 Å². The highest BCUT2D eigenvalue weighted by Gasteiger charge is 2.29. The molecule has 2 fully saturated rings. The van der Waals surface area contributed by atoms with Crippen molar-refractivity contribution < 1.29 is 4.79 Å². The first-order chi connectivity index (χ1) is 12.6. The van der Waals surface area contributed by atoms with E-state index >= 15 is 0 Å². The molecule has 0 bridgehead atoms. The van der Waals surface area contributed by atoms with Crippen LogP contribution in [0.4, 0.5) is 0 Å². The molecule has 0 radical (unpaired) electrons. The third kappa shape index (κ3) is 3.05. The molecule has 138 valence electrons. The molecule has 1 aliphatic heterocycles. The molecule has 1 aliphatic carbocycles. The lowest BCUT2D eigenvalue weighted by atomic mass is 10.1. The maximum absolute atomic E-state index is 12.9. The number of aromatic amines is 1. The van der Waals surface area contributed by atoms with Gasteiger partial charge in [0, 0.05) is 30.7 Å². The molecule has 1 saturated heterocycles. The number of nitrogens with zero attached hydrogens (tertiary/aromatic N) is 2. The number of pyridine rings is 1. The van der Waals surface area contributed by atoms with Crippen molar-refractivity contribution in [3.05, 3.63) is 38.2 Å². The summed E-state index contributed by atoms with van der Waals surface area (Å²) < 4.78 is 1.47. The lowest BCUT2D eigenvalue weighted by Gasteiger charge is -2.15. The van der Waals surface area contributed by atoms with Crippen LogP contribution in [-0.4, -0.2) is 39.6 Å². The number of carbonyl (C=O) groups is 1. The summed E-state index contributed by atoms with van der Waals surface area (Å²) in [6.45, 7) is 3.99. The first-order valence-electron chi connectivity index (χ1n) is 9.27. The number of carbonyl (C=O) groups excluding carboxylic acids is 1. The van der Waals surface area contributed by atoms with E-state index in [0.29, 0.717) is 23.7 Å². The Labute approximate surface area is 150 Å². The minimum atomic E-state index is -0.554. The Morgan fingerprint density at radius 2 is 2.15 bits per heavy atom. The van der Waals surface area contributed by atoms with E-state index in [9.17, 15) is 14.4 Å². The standard InChI is InChI=1S/C18H23N5O3/c1-2-7-23-15-14(17(25)22-18(23)26)12(8-13(21-15)10-3-4-10)16(24)20-11-5-6-19-9-11/h8,10-11,19H,2-7,9H2,1H3,(H,20,24)(H,22,25,26). The second-order valence-corrected chi connectivity index (χ2v) is 7.14. The van der Waals surface area contributed by atoms with Gasteiger partial charge in [0.15, 0.2) is 5.65 Å². The van der Waals surface area contributed by atoms with Crippen LogP contribution in [0, 0.1) is 0 Å². The van der Waals surface area contributed by atoms with Crippen LogP contribution in [0.15, 0.2) is 15.7 Å². The summed E-state index contributed by atoms with van der Waals surface area (Å²) in [5.74, 6) is 0.0313. The van der Waals surface area contributed by atoms with Crippen molar-refractivity contribution in [1.82, 2.24) is 25.2 Å². The molecule has 1 amide bonds. The second-order valence-electron chi connectivity index (χ2n) is 7.14. The van der Waals surface area contributed by atoms with E-state index in [4.69, 9.17) is 0 Å². The zero-order chi connectivity index (χ0) is 18.3. The lowest BCUT2D eigenvalue weighted by Crippen LogP contribution is -2.38. The van der Waals surface area contributed by atoms with E-state index in [-0.39, 0.29) is 17.3 Å². The van der Waals surface area contributed by atoms with E-state index < -0.39 is 11.2 Å². The molecule has 3 N–H and O–H groups in total. The zero-order valence-corrected chi connectivity index (χ0v) is 14.8. The summed E-state index contributed by atoms with van der Waals surface area (Å²) in [7, 11) is 0. The molecule has 2 aromatic rings. The van der Waals surface area contributed by atoms with Crippen molar-refractivity contribution >= 4 is 16.9 Å². The summed E-state index contributed by atoms with van der Waals surface area (Å²) in [5.41, 5.74) is 0.398. The van der Waals surface area contributed by atoms with Crippen LogP contribution in [0.5, 0.6) is 0 Å². The van der Waals surface area contributed by atoms with Gasteiger partial charge in [-0.2, -0.15) is 0 Å². The Morgan fingerprint density at radius 1 is 1.35 bits per heavy atom. The average Bonchev–Trinajstić information content (AvgIpc) is 3.35. The molecule has 8 nitrogen and oxygen atoms in total. The second kappa shape index (κ2) is 6.68. The maximum Gasteiger partial charge on any atom is 0.329 e. The van der Waals surface area contributed by atoms with Gasteiger partial charge >= 0.3 is 5.69 Å². The van der Waals surface area contributed by atoms with Crippen LogP contribution in [-0.2, 0) is 6.54 Å². The van der Waals surface area contributed by atoms with Gasteiger partial charge in [0.2, 0.25) is 0 Å². The Morgan fingerprint density at radius 3 is 2.81 bits per heavy atom. The van der Waals surface area contributed by atoms with Crippen molar-refractivity contribution in [2.75, 3.05) is 13.1 Å². The summed E-state index contributed by atoms with van der Waals surface area (Å²) in [6, 6.07) is 1.78. The predicted octanol–water partition coefficient (Wildman–Crippen LogP) is 0.464. The summed E-state index contributed by atoms with van der Waals surface area (Å²) in [6.07, 6.45) is 3.63. The maximum atomic E-state index is 12.9. The normalized spacial score (nSPS) is 19.8. The van der Waals surface area contributed by atoms with Gasteiger partial charge in [0.25, 0.3) is 11.5 Å². The quantitative estimate of drug-likeness (QED) is 0.720. The number of fused-ring (bicyclic) bond motifs is 1. The van der Waals surface area contributed by atoms with Gasteiger partial charge in [-0.1, -0.05) is 6.92 Å². The van der Waals surface area contributed by atoms with Crippen LogP contribution >= 0.6 is 0 Å². The third-order valence-corrected chi connectivity index (χ3v) is 5.05. The number of aryl methyl sites for hydroxylation is 1. The van der Waals surface area contributed by atoms with Crippen LogP contribution in [0.3, 0.4) is 0 Å². The molecule has 4 rings (SSSR count). The van der Waals surface area contributed by atoms with Gasteiger partial charge in [-0.05, 0) is 38.3 Å². The molecule has 1 atom stereocenters. The average molecular weight is 357 g/mol. The largest absolute Gasteiger partial charge is 0.348 e. The van der Waals surface area contributed by atoms with E-state index in [1.54, 1.807) is 6.07 Å². The van der Waals surface area contributed by atoms with Crippen molar-refractivity contribution in [2.24, 2.45) is 0 Å². The van der Waals surface area contributed by atoms with Crippen molar-refractivity contribution in [3.8, 4) is 0 Å². The Balaban J connectivity index is 1.89. The van der Waals surface area contributed by atoms with Crippen LogP contribution in [0.1, 0.15) is 54.6 Å². The molecular weight excluding hydrogens is 334 g/mol. The predicted molar refractivity (Wildman–Crippen MR) is 97.6 cm³/mol. The van der Waals surface area contributed by atoms with E-state index in [1.165, 1.54) is 4.57 Å². The van der Waals surface area contributed by atoms with E-state index in [0.717, 1.165) is 44.5 Å². The van der Waals surface area contributed by atoms with Gasteiger partial charge in [-0.3, -0.25) is 19.1 Å². The van der Waals surface area contributed by atoms with Gasteiger partial charge in [-0.25, -0.2) is 9.78 Å². The highest BCUT2D eigenvalue weighted by Crippen LogP contribution is 2.39. The summed E-state index contributed by atoms with van der Waals surface area (Å²) >= 11 is 0. The van der Waals surface area contributed by atoms with Crippen molar-refractivity contribution in [3.63, 3.8) is 0 Å².